The predicted octanol–water partition coefficient (Wildman–Crippen LogP) is 0.758. The van der Waals surface area contributed by atoms with E-state index in [2.05, 4.69) is 10.1 Å². The van der Waals surface area contributed by atoms with E-state index in [0.717, 1.165) is 0 Å². The molecule has 2 N–H and O–H groups in total. The van der Waals surface area contributed by atoms with E-state index in [4.69, 9.17) is 5.73 Å². The molecule has 2 heterocycles. The molecule has 7 nitrogen and oxygen atoms in total. The fraction of sp³-hybridized carbons (Fsp3) is 0. The van der Waals surface area contributed by atoms with Crippen LogP contribution >= 0.6 is 0 Å². The Hall–Kier alpha value is -2.44. The van der Waals surface area contributed by atoms with E-state index < -0.39 is 4.92 Å². The maximum atomic E-state index is 10.7. The van der Waals surface area contributed by atoms with Gasteiger partial charge in [0.2, 0.25) is 5.82 Å². The molecule has 0 bridgehead atoms. The summed E-state index contributed by atoms with van der Waals surface area (Å²) in [6.45, 7) is 0. The standard InChI is InChI=1S/C8H7N5O2/c9-7-3-2-6(13(14)15)8(11-7)12-5-1-4-10-12/h1-5H,(H2,9,11). The molecule has 2 aromatic heterocycles. The quantitative estimate of drug-likeness (QED) is 0.576. The smallest absolute Gasteiger partial charge is 0.313 e. The van der Waals surface area contributed by atoms with Crippen LogP contribution in [0.15, 0.2) is 30.6 Å². The van der Waals surface area contributed by atoms with Gasteiger partial charge in [0.1, 0.15) is 5.82 Å². The van der Waals surface area contributed by atoms with Gasteiger partial charge in [-0.25, -0.2) is 9.67 Å². The summed E-state index contributed by atoms with van der Waals surface area (Å²) >= 11 is 0. The molecule has 0 saturated heterocycles. The largest absolute Gasteiger partial charge is 0.384 e. The first kappa shape index (κ1) is 9.13. The first-order valence-corrected chi connectivity index (χ1v) is 4.09. The second kappa shape index (κ2) is 3.37. The summed E-state index contributed by atoms with van der Waals surface area (Å²) < 4.78 is 1.30. The molecule has 15 heavy (non-hydrogen) atoms. The van der Waals surface area contributed by atoms with E-state index in [1.807, 2.05) is 0 Å². The molecule has 76 valence electrons. The van der Waals surface area contributed by atoms with E-state index in [1.165, 1.54) is 23.0 Å². The minimum atomic E-state index is -0.524. The van der Waals surface area contributed by atoms with Gasteiger partial charge in [-0.2, -0.15) is 5.10 Å². The monoisotopic (exact) mass is 205 g/mol. The first-order valence-electron chi connectivity index (χ1n) is 4.09. The fourth-order valence-corrected chi connectivity index (χ4v) is 1.16. The third kappa shape index (κ3) is 1.62. The molecule has 0 spiro atoms. The lowest BCUT2D eigenvalue weighted by Gasteiger charge is -2.02. The number of nitrogen functional groups attached to an aromatic ring is 1. The molecule has 0 aliphatic carbocycles. The highest BCUT2D eigenvalue weighted by Crippen LogP contribution is 2.20. The van der Waals surface area contributed by atoms with Crippen molar-refractivity contribution in [3.8, 4) is 5.82 Å². The van der Waals surface area contributed by atoms with Crippen molar-refractivity contribution in [2.45, 2.75) is 0 Å². The maximum absolute atomic E-state index is 10.7. The predicted molar refractivity (Wildman–Crippen MR) is 52.4 cm³/mol. The van der Waals surface area contributed by atoms with Gasteiger partial charge in [-0.3, -0.25) is 10.1 Å². The van der Waals surface area contributed by atoms with Crippen molar-refractivity contribution in [3.05, 3.63) is 40.7 Å². The van der Waals surface area contributed by atoms with Crippen LogP contribution in [0.5, 0.6) is 0 Å². The fourth-order valence-electron chi connectivity index (χ4n) is 1.16. The number of hydrogen-bond donors (Lipinski definition) is 1. The summed E-state index contributed by atoms with van der Waals surface area (Å²) in [5.41, 5.74) is 5.33. The SMILES string of the molecule is Nc1ccc([N+](=O)[O-])c(-n2cccn2)n1. The summed E-state index contributed by atoms with van der Waals surface area (Å²) in [4.78, 5) is 14.1. The number of nitrogens with two attached hydrogens (primary N) is 1. The Labute approximate surface area is 84.3 Å². The van der Waals surface area contributed by atoms with Crippen molar-refractivity contribution in [2.75, 3.05) is 5.73 Å². The summed E-state index contributed by atoms with van der Waals surface area (Å²) in [7, 11) is 0. The average Bonchev–Trinajstić information content (AvgIpc) is 2.69. The Bertz CT molecular complexity index is 494. The van der Waals surface area contributed by atoms with Crippen LogP contribution in [0, 0.1) is 10.1 Å². The Morgan fingerprint density at radius 3 is 2.87 bits per heavy atom. The number of nitro groups is 1. The van der Waals surface area contributed by atoms with Crippen molar-refractivity contribution in [2.24, 2.45) is 0 Å². The van der Waals surface area contributed by atoms with Crippen LogP contribution in [0.25, 0.3) is 5.82 Å². The van der Waals surface area contributed by atoms with Gasteiger partial charge in [-0.05, 0) is 12.1 Å². The van der Waals surface area contributed by atoms with Crippen LogP contribution in [0.2, 0.25) is 0 Å². The van der Waals surface area contributed by atoms with Crippen molar-refractivity contribution < 1.29 is 4.92 Å². The number of aromatic nitrogens is 3. The van der Waals surface area contributed by atoms with Crippen molar-refractivity contribution in [3.63, 3.8) is 0 Å². The van der Waals surface area contributed by atoms with Crippen molar-refractivity contribution in [1.29, 1.82) is 0 Å². The average molecular weight is 205 g/mol. The van der Waals surface area contributed by atoms with Crippen LogP contribution in [0.1, 0.15) is 0 Å². The number of rotatable bonds is 2. The van der Waals surface area contributed by atoms with Crippen molar-refractivity contribution in [1.82, 2.24) is 14.8 Å². The van der Waals surface area contributed by atoms with Crippen LogP contribution in [0.3, 0.4) is 0 Å². The topological polar surface area (TPSA) is 99.9 Å². The number of pyridine rings is 1. The molecule has 0 unspecified atom stereocenters. The third-order valence-electron chi connectivity index (χ3n) is 1.79. The molecule has 0 saturated carbocycles. The second-order valence-corrected chi connectivity index (χ2v) is 2.79. The van der Waals surface area contributed by atoms with Crippen LogP contribution < -0.4 is 5.73 Å². The normalized spacial score (nSPS) is 10.1. The van der Waals surface area contributed by atoms with Gasteiger partial charge in [0.15, 0.2) is 0 Å². The van der Waals surface area contributed by atoms with Gasteiger partial charge < -0.3 is 5.73 Å². The van der Waals surface area contributed by atoms with E-state index in [0.29, 0.717) is 0 Å². The highest BCUT2D eigenvalue weighted by molar-refractivity contribution is 5.51. The lowest BCUT2D eigenvalue weighted by molar-refractivity contribution is -0.384. The molecular formula is C8H7N5O2. The zero-order valence-electron chi connectivity index (χ0n) is 7.57. The van der Waals surface area contributed by atoms with Gasteiger partial charge in [0.25, 0.3) is 0 Å². The lowest BCUT2D eigenvalue weighted by atomic mass is 10.4. The zero-order valence-corrected chi connectivity index (χ0v) is 7.57. The molecule has 7 heteroatoms. The molecule has 0 fully saturated rings. The molecule has 0 aromatic carbocycles. The number of hydrogen-bond acceptors (Lipinski definition) is 5. The summed E-state index contributed by atoms with van der Waals surface area (Å²) in [6.07, 6.45) is 3.07. The Morgan fingerprint density at radius 1 is 1.47 bits per heavy atom. The van der Waals surface area contributed by atoms with Crippen LogP contribution in [-0.4, -0.2) is 19.7 Å². The zero-order chi connectivity index (χ0) is 10.8. The van der Waals surface area contributed by atoms with E-state index in [9.17, 15) is 10.1 Å². The molecule has 0 radical (unpaired) electrons. The third-order valence-corrected chi connectivity index (χ3v) is 1.79. The van der Waals surface area contributed by atoms with Crippen LogP contribution in [-0.2, 0) is 0 Å². The second-order valence-electron chi connectivity index (χ2n) is 2.79. The Balaban J connectivity index is 2.63. The van der Waals surface area contributed by atoms with Gasteiger partial charge >= 0.3 is 5.69 Å². The molecule has 0 amide bonds. The Morgan fingerprint density at radius 2 is 2.27 bits per heavy atom. The molecule has 0 atom stereocenters. The molecule has 2 aromatic rings. The lowest BCUT2D eigenvalue weighted by Crippen LogP contribution is -2.05. The van der Waals surface area contributed by atoms with Gasteiger partial charge in [-0.1, -0.05) is 0 Å². The van der Waals surface area contributed by atoms with E-state index in [1.54, 1.807) is 12.3 Å². The van der Waals surface area contributed by atoms with Gasteiger partial charge in [0, 0.05) is 18.5 Å². The summed E-state index contributed by atoms with van der Waals surface area (Å²) in [6, 6.07) is 4.33. The van der Waals surface area contributed by atoms with Gasteiger partial charge in [-0.15, -0.1) is 0 Å². The van der Waals surface area contributed by atoms with Crippen molar-refractivity contribution >= 4 is 11.5 Å². The number of anilines is 1. The van der Waals surface area contributed by atoms with E-state index in [-0.39, 0.29) is 17.3 Å². The minimum absolute atomic E-state index is 0.116. The van der Waals surface area contributed by atoms with Crippen LogP contribution in [0.4, 0.5) is 11.5 Å². The van der Waals surface area contributed by atoms with Gasteiger partial charge in [0.05, 0.1) is 4.92 Å². The minimum Gasteiger partial charge on any atom is -0.384 e. The first-order chi connectivity index (χ1) is 7.18. The van der Waals surface area contributed by atoms with E-state index >= 15 is 0 Å². The molecule has 0 aliphatic heterocycles. The molecule has 2 rings (SSSR count). The molecular weight excluding hydrogens is 198 g/mol. The summed E-state index contributed by atoms with van der Waals surface area (Å²) in [5, 5.41) is 14.6. The Kier molecular flexibility index (Phi) is 2.05. The number of nitrogens with zero attached hydrogens (tertiary/aromatic N) is 4. The highest BCUT2D eigenvalue weighted by atomic mass is 16.6. The highest BCUT2D eigenvalue weighted by Gasteiger charge is 2.17. The summed E-state index contributed by atoms with van der Waals surface area (Å²) in [5.74, 6) is 0.330. The molecule has 0 aliphatic rings. The maximum Gasteiger partial charge on any atom is 0.313 e.